The third-order valence-corrected chi connectivity index (χ3v) is 4.36. The number of fused-ring (bicyclic) bond motifs is 1. The van der Waals surface area contributed by atoms with Gasteiger partial charge in [0.2, 0.25) is 0 Å². The van der Waals surface area contributed by atoms with Crippen LogP contribution in [0, 0.1) is 0 Å². The van der Waals surface area contributed by atoms with Crippen LogP contribution in [0.1, 0.15) is 1.43 Å². The van der Waals surface area contributed by atoms with Crippen LogP contribution in [0.25, 0.3) is 10.8 Å². The summed E-state index contributed by atoms with van der Waals surface area (Å²) >= 11 is 0. The zero-order valence-corrected chi connectivity index (χ0v) is 14.4. The fourth-order valence-corrected chi connectivity index (χ4v) is 3.12. The number of hydrogen-bond acceptors (Lipinski definition) is 6. The first-order chi connectivity index (χ1) is 9.13. The summed E-state index contributed by atoms with van der Waals surface area (Å²) in [6.07, 6.45) is 0. The summed E-state index contributed by atoms with van der Waals surface area (Å²) in [5.41, 5.74) is 2.71. The van der Waals surface area contributed by atoms with E-state index in [1.165, 1.54) is 18.2 Å². The van der Waals surface area contributed by atoms with Crippen LogP contribution >= 0.6 is 0 Å². The Morgan fingerprint density at radius 1 is 1.00 bits per heavy atom. The molecule has 5 N–H and O–H groups in total. The molecule has 0 saturated carbocycles. The van der Waals surface area contributed by atoms with Gasteiger partial charge in [-0.25, -0.2) is 0 Å². The van der Waals surface area contributed by atoms with E-state index in [9.17, 15) is 16.8 Å². The summed E-state index contributed by atoms with van der Waals surface area (Å²) in [5, 5.41) is 0.266. The SMILES string of the molecule is NNc1ccc2c(S(=O)(=O)O)cc(S(=O)(=O)O)cc2c1.[H-].[Na+]. The minimum Gasteiger partial charge on any atom is -1.00 e. The minimum atomic E-state index is -4.66. The molecule has 0 spiro atoms. The summed E-state index contributed by atoms with van der Waals surface area (Å²) in [5.74, 6) is 5.20. The molecule has 0 amide bonds. The molecule has 0 aromatic heterocycles. The van der Waals surface area contributed by atoms with Crippen molar-refractivity contribution >= 4 is 36.7 Å². The van der Waals surface area contributed by atoms with Crippen LogP contribution in [0.15, 0.2) is 40.1 Å². The van der Waals surface area contributed by atoms with Gasteiger partial charge in [-0.3, -0.25) is 14.9 Å². The van der Waals surface area contributed by atoms with Gasteiger partial charge in [-0.15, -0.1) is 0 Å². The fraction of sp³-hybridized carbons (Fsp3) is 0. The Hall–Kier alpha value is -0.720. The van der Waals surface area contributed by atoms with Crippen LogP contribution in [0.5, 0.6) is 0 Å². The van der Waals surface area contributed by atoms with Gasteiger partial charge in [0, 0.05) is 11.1 Å². The molecule has 0 aliphatic rings. The Morgan fingerprint density at radius 3 is 2.10 bits per heavy atom. The van der Waals surface area contributed by atoms with Crippen molar-refractivity contribution in [3.63, 3.8) is 0 Å². The van der Waals surface area contributed by atoms with E-state index < -0.39 is 30.0 Å². The summed E-state index contributed by atoms with van der Waals surface area (Å²) in [4.78, 5) is -1.27. The number of rotatable bonds is 3. The van der Waals surface area contributed by atoms with Crippen molar-refractivity contribution in [2.24, 2.45) is 5.84 Å². The van der Waals surface area contributed by atoms with Crippen molar-refractivity contribution < 1.29 is 56.9 Å². The Bertz CT molecular complexity index is 901. The van der Waals surface area contributed by atoms with Gasteiger partial charge >= 0.3 is 29.6 Å². The molecule has 2 aromatic rings. The molecule has 21 heavy (non-hydrogen) atoms. The first-order valence-electron chi connectivity index (χ1n) is 5.12. The van der Waals surface area contributed by atoms with E-state index in [0.29, 0.717) is 11.8 Å². The molecule has 0 saturated heterocycles. The minimum absolute atomic E-state index is 0. The third kappa shape index (κ3) is 3.93. The van der Waals surface area contributed by atoms with Gasteiger partial charge in [0.1, 0.15) is 4.90 Å². The van der Waals surface area contributed by atoms with E-state index >= 15 is 0 Å². The monoisotopic (exact) mass is 342 g/mol. The molecular weight excluding hydrogens is 331 g/mol. The summed E-state index contributed by atoms with van der Waals surface area (Å²) < 4.78 is 63.1. The van der Waals surface area contributed by atoms with Crippen molar-refractivity contribution in [2.45, 2.75) is 9.79 Å². The van der Waals surface area contributed by atoms with E-state index in [-0.39, 0.29) is 41.8 Å². The van der Waals surface area contributed by atoms with Crippen LogP contribution in [0.4, 0.5) is 5.69 Å². The van der Waals surface area contributed by atoms with Crippen LogP contribution in [-0.4, -0.2) is 25.9 Å². The summed E-state index contributed by atoms with van der Waals surface area (Å²) in [6, 6.07) is 5.92. The Morgan fingerprint density at radius 2 is 1.62 bits per heavy atom. The van der Waals surface area contributed by atoms with E-state index in [1.54, 1.807) is 0 Å². The number of nitrogens with two attached hydrogens (primary N) is 1. The number of nitrogen functional groups attached to an aromatic ring is 1. The second kappa shape index (κ2) is 6.18. The number of anilines is 1. The predicted octanol–water partition coefficient (Wildman–Crippen LogP) is -2.26. The van der Waals surface area contributed by atoms with E-state index in [1.807, 2.05) is 0 Å². The van der Waals surface area contributed by atoms with Crippen molar-refractivity contribution in [3.8, 4) is 0 Å². The van der Waals surface area contributed by atoms with Crippen LogP contribution in [0.3, 0.4) is 0 Å². The zero-order chi connectivity index (χ0) is 15.1. The molecule has 0 aliphatic heterocycles. The molecule has 0 heterocycles. The molecule has 0 fully saturated rings. The smallest absolute Gasteiger partial charge is 1.00 e. The molecule has 2 rings (SSSR count). The zero-order valence-electron chi connectivity index (χ0n) is 11.8. The Kier molecular flexibility index (Phi) is 5.40. The topological polar surface area (TPSA) is 147 Å². The number of hydrazine groups is 1. The van der Waals surface area contributed by atoms with Crippen LogP contribution in [0.2, 0.25) is 0 Å². The van der Waals surface area contributed by atoms with Crippen LogP contribution in [-0.2, 0) is 20.2 Å². The molecule has 110 valence electrons. The Balaban J connectivity index is 0.00000220. The molecule has 0 unspecified atom stereocenters. The first-order valence-corrected chi connectivity index (χ1v) is 8.00. The maximum atomic E-state index is 11.3. The Labute approximate surface area is 144 Å². The maximum Gasteiger partial charge on any atom is 1.00 e. The maximum absolute atomic E-state index is 11.3. The molecule has 0 atom stereocenters. The largest absolute Gasteiger partial charge is 1.00 e. The van der Waals surface area contributed by atoms with Crippen molar-refractivity contribution in [1.82, 2.24) is 0 Å². The van der Waals surface area contributed by atoms with Gasteiger partial charge in [0.25, 0.3) is 20.2 Å². The van der Waals surface area contributed by atoms with Crippen LogP contribution < -0.4 is 40.8 Å². The van der Waals surface area contributed by atoms with E-state index in [4.69, 9.17) is 14.9 Å². The molecule has 0 aliphatic carbocycles. The molecule has 2 aromatic carbocycles. The number of benzene rings is 2. The number of hydrogen-bond donors (Lipinski definition) is 4. The van der Waals surface area contributed by atoms with Crippen molar-refractivity contribution in [1.29, 1.82) is 0 Å². The van der Waals surface area contributed by atoms with Gasteiger partial charge in [-0.1, -0.05) is 6.07 Å². The molecule has 8 nitrogen and oxygen atoms in total. The van der Waals surface area contributed by atoms with Gasteiger partial charge in [0.15, 0.2) is 0 Å². The van der Waals surface area contributed by atoms with Crippen molar-refractivity contribution in [2.75, 3.05) is 5.43 Å². The van der Waals surface area contributed by atoms with Gasteiger partial charge in [-0.2, -0.15) is 16.8 Å². The van der Waals surface area contributed by atoms with Gasteiger partial charge in [-0.05, 0) is 29.7 Å². The standard InChI is InChI=1S/C10H10N2O6S2.Na.H/c11-12-7-1-2-9-6(3-7)4-8(19(13,14)15)5-10(9)20(16,17)18;;/h1-5,12H,11H2,(H,13,14,15)(H,16,17,18);;/q;+1;-1. The predicted molar refractivity (Wildman–Crippen MR) is 72.5 cm³/mol. The average Bonchev–Trinajstić information content (AvgIpc) is 2.34. The second-order valence-corrected chi connectivity index (χ2v) is 6.76. The van der Waals surface area contributed by atoms with E-state index in [2.05, 4.69) is 5.43 Å². The van der Waals surface area contributed by atoms with Crippen molar-refractivity contribution in [3.05, 3.63) is 30.3 Å². The molecule has 11 heteroatoms. The summed E-state index contributed by atoms with van der Waals surface area (Å²) in [6.45, 7) is 0. The summed E-state index contributed by atoms with van der Waals surface area (Å²) in [7, 11) is -9.28. The fourth-order valence-electron chi connectivity index (χ4n) is 1.76. The van der Waals surface area contributed by atoms with Gasteiger partial charge < -0.3 is 6.85 Å². The quantitative estimate of drug-likeness (QED) is 0.211. The molecule has 0 bridgehead atoms. The van der Waals surface area contributed by atoms with Gasteiger partial charge in [0.05, 0.1) is 4.90 Å². The number of nitrogens with one attached hydrogen (secondary N) is 1. The molecule has 0 radical (unpaired) electrons. The third-order valence-electron chi connectivity index (χ3n) is 2.63. The van der Waals surface area contributed by atoms with E-state index in [0.717, 1.165) is 6.07 Å². The first kappa shape index (κ1) is 18.3. The average molecular weight is 342 g/mol. The molecular formula is C10H11N2NaO6S2. The second-order valence-electron chi connectivity index (χ2n) is 3.95. The normalized spacial score (nSPS) is 12.0.